The third-order valence-corrected chi connectivity index (χ3v) is 3.91. The summed E-state index contributed by atoms with van der Waals surface area (Å²) >= 11 is 5.77. The van der Waals surface area contributed by atoms with Crippen LogP contribution >= 0.6 is 11.6 Å². The lowest BCUT2D eigenvalue weighted by molar-refractivity contribution is 0.00494. The normalized spacial score (nSPS) is 28.1. The molecule has 0 amide bonds. The molecule has 1 fully saturated rings. The van der Waals surface area contributed by atoms with E-state index in [2.05, 4.69) is 22.2 Å². The van der Waals surface area contributed by atoms with Gasteiger partial charge in [-0.15, -0.1) is 0 Å². The van der Waals surface area contributed by atoms with Gasteiger partial charge in [-0.25, -0.2) is 9.97 Å². The Hall–Kier alpha value is -0.870. The van der Waals surface area contributed by atoms with Gasteiger partial charge in [0.2, 0.25) is 5.28 Å². The van der Waals surface area contributed by atoms with Gasteiger partial charge in [0.25, 0.3) is 0 Å². The van der Waals surface area contributed by atoms with E-state index in [1.807, 2.05) is 6.92 Å². The minimum absolute atomic E-state index is 0.229. The fourth-order valence-corrected chi connectivity index (χ4v) is 2.46. The Bertz CT molecular complexity index is 417. The SMILES string of the molecule is Cc1cnc(Cl)nc1NCC1(O)CCC(C)CC1. The van der Waals surface area contributed by atoms with Crippen molar-refractivity contribution >= 4 is 17.4 Å². The molecule has 0 unspecified atom stereocenters. The van der Waals surface area contributed by atoms with Gasteiger partial charge in [0.15, 0.2) is 0 Å². The summed E-state index contributed by atoms with van der Waals surface area (Å²) in [6.07, 6.45) is 5.55. The highest BCUT2D eigenvalue weighted by Crippen LogP contribution is 2.32. The average molecular weight is 270 g/mol. The Kier molecular flexibility index (Phi) is 4.07. The van der Waals surface area contributed by atoms with Crippen LogP contribution in [0.1, 0.15) is 38.2 Å². The number of halogens is 1. The number of nitrogens with one attached hydrogen (secondary N) is 1. The molecule has 4 nitrogen and oxygen atoms in total. The number of aliphatic hydroxyl groups is 1. The van der Waals surface area contributed by atoms with Crippen LogP contribution < -0.4 is 5.32 Å². The van der Waals surface area contributed by atoms with Crippen LogP contribution in [0.15, 0.2) is 6.20 Å². The monoisotopic (exact) mass is 269 g/mol. The molecule has 1 heterocycles. The van der Waals surface area contributed by atoms with Crippen molar-refractivity contribution in [1.82, 2.24) is 9.97 Å². The Morgan fingerprint density at radius 1 is 1.50 bits per heavy atom. The molecule has 18 heavy (non-hydrogen) atoms. The van der Waals surface area contributed by atoms with Crippen molar-refractivity contribution in [2.45, 2.75) is 45.1 Å². The van der Waals surface area contributed by atoms with E-state index in [-0.39, 0.29) is 5.28 Å². The summed E-state index contributed by atoms with van der Waals surface area (Å²) in [5, 5.41) is 13.9. The lowest BCUT2D eigenvalue weighted by Gasteiger charge is -2.35. The number of aryl methyl sites for hydroxylation is 1. The minimum atomic E-state index is -0.615. The van der Waals surface area contributed by atoms with Gasteiger partial charge in [-0.1, -0.05) is 6.92 Å². The van der Waals surface area contributed by atoms with Crippen LogP contribution in [0.25, 0.3) is 0 Å². The lowest BCUT2D eigenvalue weighted by Crippen LogP contribution is -2.40. The summed E-state index contributed by atoms with van der Waals surface area (Å²) in [4.78, 5) is 8.05. The molecular weight excluding hydrogens is 250 g/mol. The van der Waals surface area contributed by atoms with Gasteiger partial charge in [-0.05, 0) is 50.1 Å². The highest BCUT2D eigenvalue weighted by Gasteiger charge is 2.31. The van der Waals surface area contributed by atoms with Crippen LogP contribution in [-0.2, 0) is 0 Å². The fraction of sp³-hybridized carbons (Fsp3) is 0.692. The van der Waals surface area contributed by atoms with Crippen LogP contribution in [0.5, 0.6) is 0 Å². The van der Waals surface area contributed by atoms with Gasteiger partial charge in [-0.3, -0.25) is 0 Å². The average Bonchev–Trinajstić information content (AvgIpc) is 2.35. The van der Waals surface area contributed by atoms with Crippen LogP contribution in [-0.4, -0.2) is 27.2 Å². The Balaban J connectivity index is 1.96. The predicted octanol–water partition coefficient (Wildman–Crippen LogP) is 2.79. The zero-order valence-electron chi connectivity index (χ0n) is 10.9. The molecule has 1 aliphatic rings. The standard InChI is InChI=1S/C13H20ClN3O/c1-9-3-5-13(18,6-4-9)8-16-11-10(2)7-15-12(14)17-11/h7,9,18H,3-6,8H2,1-2H3,(H,15,16,17). The molecular formula is C13H20ClN3O. The quantitative estimate of drug-likeness (QED) is 0.829. The van der Waals surface area contributed by atoms with E-state index in [1.165, 1.54) is 0 Å². The minimum Gasteiger partial charge on any atom is -0.388 e. The second kappa shape index (κ2) is 5.41. The van der Waals surface area contributed by atoms with Gasteiger partial charge in [0, 0.05) is 18.3 Å². The summed E-state index contributed by atoms with van der Waals surface area (Å²) in [5.41, 5.74) is 0.322. The summed E-state index contributed by atoms with van der Waals surface area (Å²) in [6.45, 7) is 4.68. The van der Waals surface area contributed by atoms with Crippen molar-refractivity contribution < 1.29 is 5.11 Å². The third-order valence-electron chi connectivity index (χ3n) is 3.73. The summed E-state index contributed by atoms with van der Waals surface area (Å²) < 4.78 is 0. The maximum absolute atomic E-state index is 10.5. The molecule has 2 rings (SSSR count). The van der Waals surface area contributed by atoms with E-state index in [0.717, 1.165) is 37.2 Å². The van der Waals surface area contributed by atoms with Crippen LogP contribution in [0.3, 0.4) is 0 Å². The van der Waals surface area contributed by atoms with Gasteiger partial charge < -0.3 is 10.4 Å². The van der Waals surface area contributed by atoms with Crippen molar-refractivity contribution in [3.8, 4) is 0 Å². The molecule has 0 saturated heterocycles. The molecule has 1 aromatic rings. The van der Waals surface area contributed by atoms with Gasteiger partial charge in [0.1, 0.15) is 5.82 Å². The van der Waals surface area contributed by atoms with Crippen LogP contribution in [0.4, 0.5) is 5.82 Å². The molecule has 0 bridgehead atoms. The number of anilines is 1. The molecule has 0 radical (unpaired) electrons. The van der Waals surface area contributed by atoms with Crippen molar-refractivity contribution in [3.63, 3.8) is 0 Å². The van der Waals surface area contributed by atoms with E-state index < -0.39 is 5.60 Å². The van der Waals surface area contributed by atoms with Crippen molar-refractivity contribution in [2.24, 2.45) is 5.92 Å². The van der Waals surface area contributed by atoms with Crippen molar-refractivity contribution in [1.29, 1.82) is 0 Å². The summed E-state index contributed by atoms with van der Waals surface area (Å²) in [5.74, 6) is 1.43. The maximum Gasteiger partial charge on any atom is 0.224 e. The fourth-order valence-electron chi connectivity index (χ4n) is 2.32. The van der Waals surface area contributed by atoms with E-state index in [1.54, 1.807) is 6.20 Å². The first kappa shape index (κ1) is 13.6. The topological polar surface area (TPSA) is 58.0 Å². The van der Waals surface area contributed by atoms with E-state index in [9.17, 15) is 5.11 Å². The van der Waals surface area contributed by atoms with Gasteiger partial charge in [0.05, 0.1) is 5.60 Å². The second-order valence-corrected chi connectivity index (χ2v) is 5.77. The van der Waals surface area contributed by atoms with E-state index in [4.69, 9.17) is 11.6 Å². The van der Waals surface area contributed by atoms with E-state index >= 15 is 0 Å². The largest absolute Gasteiger partial charge is 0.388 e. The summed E-state index contributed by atoms with van der Waals surface area (Å²) in [6, 6.07) is 0. The number of aromatic nitrogens is 2. The number of nitrogens with zero attached hydrogens (tertiary/aromatic N) is 2. The summed E-state index contributed by atoms with van der Waals surface area (Å²) in [7, 11) is 0. The highest BCUT2D eigenvalue weighted by molar-refractivity contribution is 6.28. The first-order chi connectivity index (χ1) is 8.48. The van der Waals surface area contributed by atoms with Gasteiger partial charge >= 0.3 is 0 Å². The first-order valence-electron chi connectivity index (χ1n) is 6.44. The van der Waals surface area contributed by atoms with Crippen LogP contribution in [0, 0.1) is 12.8 Å². The Labute approximate surface area is 113 Å². The molecule has 1 aromatic heterocycles. The zero-order valence-corrected chi connectivity index (χ0v) is 11.7. The number of rotatable bonds is 3. The Morgan fingerprint density at radius 2 is 2.17 bits per heavy atom. The molecule has 0 spiro atoms. The molecule has 0 aliphatic heterocycles. The molecule has 100 valence electrons. The predicted molar refractivity (Wildman–Crippen MR) is 72.9 cm³/mol. The van der Waals surface area contributed by atoms with Crippen molar-refractivity contribution in [2.75, 3.05) is 11.9 Å². The molecule has 0 atom stereocenters. The lowest BCUT2D eigenvalue weighted by atomic mass is 9.79. The zero-order chi connectivity index (χ0) is 13.2. The molecule has 5 heteroatoms. The van der Waals surface area contributed by atoms with E-state index in [0.29, 0.717) is 12.4 Å². The molecule has 1 saturated carbocycles. The third kappa shape index (κ3) is 3.33. The maximum atomic E-state index is 10.5. The van der Waals surface area contributed by atoms with Crippen LogP contribution in [0.2, 0.25) is 5.28 Å². The number of hydrogen-bond acceptors (Lipinski definition) is 4. The highest BCUT2D eigenvalue weighted by atomic mass is 35.5. The molecule has 1 aliphatic carbocycles. The number of hydrogen-bond donors (Lipinski definition) is 2. The second-order valence-electron chi connectivity index (χ2n) is 5.43. The first-order valence-corrected chi connectivity index (χ1v) is 6.82. The van der Waals surface area contributed by atoms with Gasteiger partial charge in [-0.2, -0.15) is 0 Å². The smallest absolute Gasteiger partial charge is 0.224 e. The van der Waals surface area contributed by atoms with Crippen molar-refractivity contribution in [3.05, 3.63) is 17.0 Å². The molecule has 0 aromatic carbocycles. The Morgan fingerprint density at radius 3 is 2.83 bits per heavy atom. The molecule has 2 N–H and O–H groups in total.